The maximum Gasteiger partial charge on any atom is 0.143 e. The van der Waals surface area contributed by atoms with Crippen LogP contribution < -0.4 is 5.32 Å². The molecule has 1 aliphatic heterocycles. The molecule has 110 valence electrons. The summed E-state index contributed by atoms with van der Waals surface area (Å²) < 4.78 is 0. The fourth-order valence-corrected chi connectivity index (χ4v) is 4.63. The summed E-state index contributed by atoms with van der Waals surface area (Å²) in [7, 11) is 0. The summed E-state index contributed by atoms with van der Waals surface area (Å²) in [6, 6.07) is 18.7. The van der Waals surface area contributed by atoms with E-state index in [1.165, 1.54) is 10.5 Å². The minimum Gasteiger partial charge on any atom is -0.358 e. The Hall–Kier alpha value is -2.00. The van der Waals surface area contributed by atoms with Gasteiger partial charge < -0.3 is 5.32 Å². The number of anilines is 1. The SMILES string of the molecule is O=C1CCC=C2Nc3ccccc3S[C@@H](c3ccccc3)[C@H]12. The van der Waals surface area contributed by atoms with Crippen molar-refractivity contribution in [2.45, 2.75) is 23.0 Å². The molecule has 3 heteroatoms. The predicted molar refractivity (Wildman–Crippen MR) is 90.9 cm³/mol. The standard InChI is InChI=1S/C19H17NOS/c21-16-11-6-10-15-18(16)19(13-7-2-1-3-8-13)22-17-12-5-4-9-14(17)20-15/h1-5,7-10,12,18-20H,6,11H2/t18-,19-/m0/s1. The second-order valence-electron chi connectivity index (χ2n) is 5.71. The fraction of sp³-hybridized carbons (Fsp3) is 0.211. The second-order valence-corrected chi connectivity index (χ2v) is 6.90. The maximum absolute atomic E-state index is 12.6. The Morgan fingerprint density at radius 1 is 1.00 bits per heavy atom. The molecule has 2 nitrogen and oxygen atoms in total. The third-order valence-electron chi connectivity index (χ3n) is 4.29. The lowest BCUT2D eigenvalue weighted by molar-refractivity contribution is -0.122. The summed E-state index contributed by atoms with van der Waals surface area (Å²) in [4.78, 5) is 13.8. The summed E-state index contributed by atoms with van der Waals surface area (Å²) in [5.41, 5.74) is 3.40. The maximum atomic E-state index is 12.6. The van der Waals surface area contributed by atoms with Gasteiger partial charge in [0.05, 0.1) is 11.6 Å². The zero-order valence-electron chi connectivity index (χ0n) is 12.2. The van der Waals surface area contributed by atoms with Crippen LogP contribution in [0.3, 0.4) is 0 Å². The van der Waals surface area contributed by atoms with Crippen molar-refractivity contribution in [1.82, 2.24) is 0 Å². The molecule has 0 bridgehead atoms. The number of Topliss-reactive ketones (excluding diaryl/α,β-unsaturated/α-hetero) is 1. The molecule has 0 aromatic heterocycles. The average molecular weight is 307 g/mol. The topological polar surface area (TPSA) is 29.1 Å². The molecule has 4 rings (SSSR count). The van der Waals surface area contributed by atoms with Crippen LogP contribution in [0.25, 0.3) is 0 Å². The fourth-order valence-electron chi connectivity index (χ4n) is 3.22. The van der Waals surface area contributed by atoms with E-state index in [-0.39, 0.29) is 11.2 Å². The first-order chi connectivity index (χ1) is 10.8. The number of ketones is 1. The van der Waals surface area contributed by atoms with Crippen LogP contribution in [0.15, 0.2) is 71.3 Å². The van der Waals surface area contributed by atoms with E-state index in [1.807, 2.05) is 12.1 Å². The van der Waals surface area contributed by atoms with Crippen LogP contribution in [0.5, 0.6) is 0 Å². The Morgan fingerprint density at radius 2 is 1.77 bits per heavy atom. The van der Waals surface area contributed by atoms with Crippen molar-refractivity contribution in [1.29, 1.82) is 0 Å². The van der Waals surface area contributed by atoms with E-state index in [0.717, 1.165) is 17.8 Å². The molecule has 0 fully saturated rings. The number of thioether (sulfide) groups is 1. The molecule has 0 saturated heterocycles. The highest BCUT2D eigenvalue weighted by Crippen LogP contribution is 2.50. The minimum absolute atomic E-state index is 0.0754. The van der Waals surface area contributed by atoms with Gasteiger partial charge in [-0.15, -0.1) is 11.8 Å². The van der Waals surface area contributed by atoms with Gasteiger partial charge in [0.1, 0.15) is 5.78 Å². The molecule has 1 heterocycles. The third kappa shape index (κ3) is 2.35. The number of fused-ring (bicyclic) bond motifs is 2. The number of nitrogens with one attached hydrogen (secondary N) is 1. The molecule has 0 amide bonds. The van der Waals surface area contributed by atoms with E-state index in [0.29, 0.717) is 12.2 Å². The largest absolute Gasteiger partial charge is 0.358 e. The van der Waals surface area contributed by atoms with E-state index in [2.05, 4.69) is 53.9 Å². The van der Waals surface area contributed by atoms with Gasteiger partial charge in [-0.05, 0) is 24.1 Å². The zero-order valence-corrected chi connectivity index (χ0v) is 13.0. The molecule has 0 spiro atoms. The van der Waals surface area contributed by atoms with Gasteiger partial charge in [0, 0.05) is 22.3 Å². The smallest absolute Gasteiger partial charge is 0.143 e. The number of hydrogen-bond acceptors (Lipinski definition) is 3. The van der Waals surface area contributed by atoms with Gasteiger partial charge in [0.2, 0.25) is 0 Å². The summed E-state index contributed by atoms with van der Waals surface area (Å²) in [5, 5.41) is 3.65. The number of para-hydroxylation sites is 1. The Morgan fingerprint density at radius 3 is 2.64 bits per heavy atom. The first-order valence-corrected chi connectivity index (χ1v) is 8.51. The van der Waals surface area contributed by atoms with Gasteiger partial charge in [-0.25, -0.2) is 0 Å². The van der Waals surface area contributed by atoms with E-state index in [9.17, 15) is 4.79 Å². The molecule has 2 aromatic carbocycles. The van der Waals surface area contributed by atoms with Crippen LogP contribution in [0.1, 0.15) is 23.7 Å². The minimum atomic E-state index is -0.0754. The van der Waals surface area contributed by atoms with Crippen LogP contribution >= 0.6 is 11.8 Å². The van der Waals surface area contributed by atoms with Gasteiger partial charge >= 0.3 is 0 Å². The molecular weight excluding hydrogens is 290 g/mol. The van der Waals surface area contributed by atoms with Crippen molar-refractivity contribution in [2.75, 3.05) is 5.32 Å². The van der Waals surface area contributed by atoms with Crippen LogP contribution in [0.4, 0.5) is 5.69 Å². The van der Waals surface area contributed by atoms with Crippen molar-refractivity contribution in [2.24, 2.45) is 5.92 Å². The summed E-state index contributed by atoms with van der Waals surface area (Å²) in [5.74, 6) is 0.271. The second kappa shape index (κ2) is 5.65. The Kier molecular flexibility index (Phi) is 3.51. The molecule has 1 N–H and O–H groups in total. The zero-order chi connectivity index (χ0) is 14.9. The lowest BCUT2D eigenvalue weighted by Crippen LogP contribution is -2.27. The average Bonchev–Trinajstić information content (AvgIpc) is 2.73. The van der Waals surface area contributed by atoms with Crippen molar-refractivity contribution in [3.8, 4) is 0 Å². The normalized spacial score (nSPS) is 23.6. The van der Waals surface area contributed by atoms with Gasteiger partial charge in [0.15, 0.2) is 0 Å². The third-order valence-corrected chi connectivity index (χ3v) is 5.70. The number of benzene rings is 2. The summed E-state index contributed by atoms with van der Waals surface area (Å²) >= 11 is 1.80. The molecule has 1 aliphatic carbocycles. The van der Waals surface area contributed by atoms with E-state index >= 15 is 0 Å². The van der Waals surface area contributed by atoms with Crippen molar-refractivity contribution in [3.05, 3.63) is 71.9 Å². The van der Waals surface area contributed by atoms with Crippen molar-refractivity contribution < 1.29 is 4.79 Å². The highest BCUT2D eigenvalue weighted by atomic mass is 32.2. The quantitative estimate of drug-likeness (QED) is 0.820. The summed E-state index contributed by atoms with van der Waals surface area (Å²) in [6.07, 6.45) is 3.69. The lowest BCUT2D eigenvalue weighted by Gasteiger charge is -2.28. The highest BCUT2D eigenvalue weighted by Gasteiger charge is 2.37. The van der Waals surface area contributed by atoms with Crippen LogP contribution in [0.2, 0.25) is 0 Å². The molecule has 2 aromatic rings. The highest BCUT2D eigenvalue weighted by molar-refractivity contribution is 7.99. The Bertz CT molecular complexity index is 738. The van der Waals surface area contributed by atoms with Crippen LogP contribution in [-0.2, 0) is 4.79 Å². The molecular formula is C19H17NOS. The van der Waals surface area contributed by atoms with Crippen molar-refractivity contribution >= 4 is 23.2 Å². The molecule has 2 atom stereocenters. The molecule has 0 radical (unpaired) electrons. The Balaban J connectivity index is 1.85. The van der Waals surface area contributed by atoms with Crippen LogP contribution in [0, 0.1) is 5.92 Å². The number of hydrogen-bond donors (Lipinski definition) is 1. The Labute approximate surface area is 134 Å². The molecule has 0 saturated carbocycles. The molecule has 22 heavy (non-hydrogen) atoms. The van der Waals surface area contributed by atoms with Crippen LogP contribution in [-0.4, -0.2) is 5.78 Å². The van der Waals surface area contributed by atoms with Crippen molar-refractivity contribution in [3.63, 3.8) is 0 Å². The monoisotopic (exact) mass is 307 g/mol. The number of allylic oxidation sites excluding steroid dienone is 2. The van der Waals surface area contributed by atoms with E-state index in [4.69, 9.17) is 0 Å². The number of carbonyl (C=O) groups excluding carboxylic acids is 1. The van der Waals surface area contributed by atoms with E-state index < -0.39 is 0 Å². The van der Waals surface area contributed by atoms with Gasteiger partial charge in [0.25, 0.3) is 0 Å². The van der Waals surface area contributed by atoms with Gasteiger partial charge in [-0.2, -0.15) is 0 Å². The summed E-state index contributed by atoms with van der Waals surface area (Å²) in [6.45, 7) is 0. The number of carbonyl (C=O) groups is 1. The molecule has 2 aliphatic rings. The first-order valence-electron chi connectivity index (χ1n) is 7.63. The van der Waals surface area contributed by atoms with Gasteiger partial charge in [-0.3, -0.25) is 4.79 Å². The number of rotatable bonds is 1. The van der Waals surface area contributed by atoms with E-state index in [1.54, 1.807) is 11.8 Å². The van der Waals surface area contributed by atoms with Gasteiger partial charge in [-0.1, -0.05) is 48.5 Å². The lowest BCUT2D eigenvalue weighted by atomic mass is 9.85. The predicted octanol–water partition coefficient (Wildman–Crippen LogP) is 4.81. The first kappa shape index (κ1) is 13.6. The molecule has 0 unspecified atom stereocenters.